The zero-order valence-electron chi connectivity index (χ0n) is 17.6. The zero-order valence-corrected chi connectivity index (χ0v) is 17.6. The lowest BCUT2D eigenvalue weighted by atomic mass is 10.1. The van der Waals surface area contributed by atoms with Gasteiger partial charge in [-0.05, 0) is 48.0 Å². The molecule has 0 spiro atoms. The molecule has 4 unspecified atom stereocenters. The molecule has 0 radical (unpaired) electrons. The van der Waals surface area contributed by atoms with Crippen LogP contribution in [0.3, 0.4) is 0 Å². The minimum absolute atomic E-state index is 0.0161. The molecule has 2 aromatic rings. The summed E-state index contributed by atoms with van der Waals surface area (Å²) in [7, 11) is 1.50. The molecule has 1 amide bonds. The van der Waals surface area contributed by atoms with Gasteiger partial charge in [0.25, 0.3) is 0 Å². The van der Waals surface area contributed by atoms with E-state index in [4.69, 9.17) is 14.2 Å². The van der Waals surface area contributed by atoms with Gasteiger partial charge in [-0.15, -0.1) is 5.10 Å². The highest BCUT2D eigenvalue weighted by molar-refractivity contribution is 5.77. The topological polar surface area (TPSA) is 104 Å². The molecule has 4 atom stereocenters. The molecule has 3 aliphatic heterocycles. The van der Waals surface area contributed by atoms with Crippen LogP contribution in [0.25, 0.3) is 11.4 Å². The predicted molar refractivity (Wildman–Crippen MR) is 110 cm³/mol. The molecule has 0 saturated carbocycles. The number of amides is 1. The molecule has 10 heteroatoms. The van der Waals surface area contributed by atoms with Crippen molar-refractivity contribution in [2.24, 2.45) is 0 Å². The van der Waals surface area contributed by atoms with Crippen LogP contribution in [-0.2, 0) is 25.5 Å². The number of hydrogen-bond acceptors (Lipinski definition) is 8. The average molecular weight is 428 g/mol. The maximum atomic E-state index is 11.9. The summed E-state index contributed by atoms with van der Waals surface area (Å²) in [5, 5.41) is 15.4. The van der Waals surface area contributed by atoms with E-state index in [0.29, 0.717) is 19.0 Å². The summed E-state index contributed by atoms with van der Waals surface area (Å²) in [6.45, 7) is 4.09. The Balaban J connectivity index is 1.31. The quantitative estimate of drug-likeness (QED) is 0.676. The number of likely N-dealkylation sites (tertiary alicyclic amines) is 1. The Morgan fingerprint density at radius 2 is 2.06 bits per heavy atom. The summed E-state index contributed by atoms with van der Waals surface area (Å²) < 4.78 is 18.7. The monoisotopic (exact) mass is 428 g/mol. The van der Waals surface area contributed by atoms with Crippen LogP contribution in [-0.4, -0.2) is 89.3 Å². The Labute approximate surface area is 180 Å². The molecule has 0 aliphatic carbocycles. The summed E-state index contributed by atoms with van der Waals surface area (Å²) in [5.74, 6) is 0.523. The zero-order chi connectivity index (χ0) is 21.2. The molecule has 0 bridgehead atoms. The van der Waals surface area contributed by atoms with Gasteiger partial charge >= 0.3 is 0 Å². The van der Waals surface area contributed by atoms with Gasteiger partial charge in [0.2, 0.25) is 5.91 Å². The van der Waals surface area contributed by atoms with E-state index in [2.05, 4.69) is 43.9 Å². The molecule has 1 N–H and O–H groups in total. The number of nitrogens with zero attached hydrogens (tertiary/aromatic N) is 5. The van der Waals surface area contributed by atoms with Gasteiger partial charge in [0.05, 0.1) is 19.3 Å². The largest absolute Gasteiger partial charge is 0.375 e. The predicted octanol–water partition coefficient (Wildman–Crippen LogP) is 0.406. The van der Waals surface area contributed by atoms with Crippen molar-refractivity contribution in [3.63, 3.8) is 0 Å². The third kappa shape index (κ3) is 4.20. The van der Waals surface area contributed by atoms with Crippen molar-refractivity contribution in [1.82, 2.24) is 30.4 Å². The Hall–Kier alpha value is -2.40. The van der Waals surface area contributed by atoms with E-state index < -0.39 is 0 Å². The standard InChI is InChI=1S/C21H28N6O4/c1-29-13-18(28)22-16-11-30-20-17(12-31-19(16)20)27-21(23-24-25-27)15-6-4-5-14(9-15)10-26-7-2-3-8-26/h4-6,9,16-17,19-20H,2-3,7-8,10-13H2,1H3,(H,22,28). The second-order valence-electron chi connectivity index (χ2n) is 8.40. The van der Waals surface area contributed by atoms with Crippen LogP contribution in [0.1, 0.15) is 24.4 Å². The highest BCUT2D eigenvalue weighted by atomic mass is 16.6. The van der Waals surface area contributed by atoms with Crippen LogP contribution >= 0.6 is 0 Å². The van der Waals surface area contributed by atoms with E-state index in [1.54, 1.807) is 4.68 Å². The van der Waals surface area contributed by atoms with Gasteiger partial charge in [-0.25, -0.2) is 4.68 Å². The van der Waals surface area contributed by atoms with Gasteiger partial charge in [0.1, 0.15) is 24.9 Å². The maximum absolute atomic E-state index is 11.9. The number of rotatable bonds is 7. The number of fused-ring (bicyclic) bond motifs is 1. The number of carbonyl (C=O) groups excluding carboxylic acids is 1. The summed E-state index contributed by atoms with van der Waals surface area (Å²) >= 11 is 0. The van der Waals surface area contributed by atoms with Crippen molar-refractivity contribution in [2.45, 2.75) is 43.7 Å². The highest BCUT2D eigenvalue weighted by Crippen LogP contribution is 2.35. The normalized spacial score (nSPS) is 28.2. The van der Waals surface area contributed by atoms with Crippen LogP contribution in [0.2, 0.25) is 0 Å². The molecule has 3 fully saturated rings. The van der Waals surface area contributed by atoms with E-state index in [9.17, 15) is 4.79 Å². The number of aromatic nitrogens is 4. The van der Waals surface area contributed by atoms with Crippen LogP contribution in [0.5, 0.6) is 0 Å². The van der Waals surface area contributed by atoms with Crippen molar-refractivity contribution in [2.75, 3.05) is 40.0 Å². The summed E-state index contributed by atoms with van der Waals surface area (Å²) in [5.41, 5.74) is 2.24. The van der Waals surface area contributed by atoms with Crippen LogP contribution in [0.15, 0.2) is 24.3 Å². The molecule has 31 heavy (non-hydrogen) atoms. The molecule has 5 rings (SSSR count). The summed E-state index contributed by atoms with van der Waals surface area (Å²) in [4.78, 5) is 14.4. The molecule has 10 nitrogen and oxygen atoms in total. The van der Waals surface area contributed by atoms with E-state index in [1.807, 2.05) is 6.07 Å². The summed E-state index contributed by atoms with van der Waals surface area (Å²) in [6, 6.07) is 8.05. The lowest BCUT2D eigenvalue weighted by Gasteiger charge is -2.18. The first-order valence-electron chi connectivity index (χ1n) is 10.8. The Bertz CT molecular complexity index is 915. The fourth-order valence-electron chi connectivity index (χ4n) is 4.81. The maximum Gasteiger partial charge on any atom is 0.246 e. The second kappa shape index (κ2) is 8.99. The number of nitrogens with one attached hydrogen (secondary N) is 1. The van der Waals surface area contributed by atoms with Crippen molar-refractivity contribution in [1.29, 1.82) is 0 Å². The molecule has 1 aromatic carbocycles. The molecule has 3 saturated heterocycles. The van der Waals surface area contributed by atoms with Crippen molar-refractivity contribution in [3.05, 3.63) is 29.8 Å². The Morgan fingerprint density at radius 1 is 1.23 bits per heavy atom. The first-order valence-corrected chi connectivity index (χ1v) is 10.8. The van der Waals surface area contributed by atoms with Crippen LogP contribution in [0.4, 0.5) is 0 Å². The fraction of sp³-hybridized carbons (Fsp3) is 0.619. The van der Waals surface area contributed by atoms with E-state index in [0.717, 1.165) is 25.2 Å². The highest BCUT2D eigenvalue weighted by Gasteiger charge is 2.50. The third-order valence-corrected chi connectivity index (χ3v) is 6.25. The fourth-order valence-corrected chi connectivity index (χ4v) is 4.81. The van der Waals surface area contributed by atoms with Gasteiger partial charge in [-0.2, -0.15) is 0 Å². The minimum Gasteiger partial charge on any atom is -0.375 e. The van der Waals surface area contributed by atoms with Gasteiger partial charge in [-0.3, -0.25) is 9.69 Å². The lowest BCUT2D eigenvalue weighted by Crippen LogP contribution is -2.45. The smallest absolute Gasteiger partial charge is 0.246 e. The Morgan fingerprint density at radius 3 is 2.90 bits per heavy atom. The van der Waals surface area contributed by atoms with Crippen LogP contribution < -0.4 is 5.32 Å². The second-order valence-corrected chi connectivity index (χ2v) is 8.40. The van der Waals surface area contributed by atoms with Gasteiger partial charge in [-0.1, -0.05) is 18.2 Å². The van der Waals surface area contributed by atoms with Crippen molar-refractivity contribution in [3.8, 4) is 11.4 Å². The number of benzene rings is 1. The van der Waals surface area contributed by atoms with Gasteiger partial charge in [0.15, 0.2) is 5.82 Å². The molecule has 1 aromatic heterocycles. The Kier molecular flexibility index (Phi) is 5.95. The molecule has 166 valence electrons. The number of tetrazole rings is 1. The average Bonchev–Trinajstić information content (AvgIpc) is 3.55. The van der Waals surface area contributed by atoms with E-state index in [1.165, 1.54) is 25.5 Å². The van der Waals surface area contributed by atoms with Crippen molar-refractivity contribution < 1.29 is 19.0 Å². The number of methoxy groups -OCH3 is 1. The number of carbonyl (C=O) groups is 1. The van der Waals surface area contributed by atoms with E-state index in [-0.39, 0.29) is 36.8 Å². The first-order chi connectivity index (χ1) is 15.2. The third-order valence-electron chi connectivity index (χ3n) is 6.25. The molecule has 3 aliphatic rings. The molecule has 4 heterocycles. The molecular weight excluding hydrogens is 400 g/mol. The van der Waals surface area contributed by atoms with E-state index >= 15 is 0 Å². The lowest BCUT2D eigenvalue weighted by molar-refractivity contribution is -0.126. The SMILES string of the molecule is COCC(=O)NC1COC2C1OCC2n1nnnc1-c1cccc(CN2CCCC2)c1. The number of ether oxygens (including phenoxy) is 3. The van der Waals surface area contributed by atoms with Gasteiger partial charge in [0, 0.05) is 19.2 Å². The van der Waals surface area contributed by atoms with Crippen LogP contribution in [0, 0.1) is 0 Å². The van der Waals surface area contributed by atoms with Crippen molar-refractivity contribution >= 4 is 5.91 Å². The summed E-state index contributed by atoms with van der Waals surface area (Å²) in [6.07, 6.45) is 2.09. The molecular formula is C21H28N6O4. The van der Waals surface area contributed by atoms with Gasteiger partial charge < -0.3 is 19.5 Å². The first kappa shape index (κ1) is 20.5. The minimum atomic E-state index is -0.232. The number of hydrogen-bond donors (Lipinski definition) is 1.